The zero-order valence-electron chi connectivity index (χ0n) is 16.2. The van der Waals surface area contributed by atoms with Crippen molar-refractivity contribution >= 4 is 17.5 Å². The van der Waals surface area contributed by atoms with Gasteiger partial charge in [-0.25, -0.2) is 0 Å². The Balaban J connectivity index is 1.48. The number of anilines is 1. The number of carbonyl (C=O) groups is 2. The highest BCUT2D eigenvalue weighted by molar-refractivity contribution is 5.93. The molecule has 7 nitrogen and oxygen atoms in total. The Morgan fingerprint density at radius 1 is 1.15 bits per heavy atom. The van der Waals surface area contributed by atoms with Gasteiger partial charge in [0.2, 0.25) is 11.8 Å². The van der Waals surface area contributed by atoms with Crippen molar-refractivity contribution in [1.82, 2.24) is 19.6 Å². The SMILES string of the molecule is Cc1cccc(NC(=O)CN2CCN(C(=O)[C@@H](C)n3cccn3)CC2)c1C. The molecule has 0 unspecified atom stereocenters. The number of hydrogen-bond donors (Lipinski definition) is 1. The van der Waals surface area contributed by atoms with Gasteiger partial charge in [-0.2, -0.15) is 5.10 Å². The maximum absolute atomic E-state index is 12.6. The third-order valence-corrected chi connectivity index (χ3v) is 5.21. The number of amides is 2. The molecule has 2 aromatic rings. The summed E-state index contributed by atoms with van der Waals surface area (Å²) in [4.78, 5) is 28.9. The van der Waals surface area contributed by atoms with E-state index in [2.05, 4.69) is 15.3 Å². The van der Waals surface area contributed by atoms with E-state index >= 15 is 0 Å². The van der Waals surface area contributed by atoms with Crippen molar-refractivity contribution < 1.29 is 9.59 Å². The number of rotatable bonds is 5. The van der Waals surface area contributed by atoms with Gasteiger partial charge in [0, 0.05) is 44.3 Å². The lowest BCUT2D eigenvalue weighted by atomic mass is 10.1. The summed E-state index contributed by atoms with van der Waals surface area (Å²) < 4.78 is 1.67. The first-order chi connectivity index (χ1) is 13.0. The molecule has 2 amide bonds. The summed E-state index contributed by atoms with van der Waals surface area (Å²) in [6.45, 7) is 8.88. The van der Waals surface area contributed by atoms with Gasteiger partial charge in [-0.3, -0.25) is 19.2 Å². The van der Waals surface area contributed by atoms with Crippen molar-refractivity contribution in [2.75, 3.05) is 38.0 Å². The quantitative estimate of drug-likeness (QED) is 0.873. The average molecular weight is 369 g/mol. The molecule has 7 heteroatoms. The Morgan fingerprint density at radius 2 is 1.89 bits per heavy atom. The first kappa shape index (κ1) is 19.1. The first-order valence-electron chi connectivity index (χ1n) is 9.32. The van der Waals surface area contributed by atoms with Crippen LogP contribution in [-0.2, 0) is 9.59 Å². The van der Waals surface area contributed by atoms with E-state index in [0.29, 0.717) is 32.7 Å². The molecule has 1 aliphatic rings. The highest BCUT2D eigenvalue weighted by Crippen LogP contribution is 2.18. The normalized spacial score (nSPS) is 16.2. The van der Waals surface area contributed by atoms with Gasteiger partial charge in [0.25, 0.3) is 0 Å². The standard InChI is InChI=1S/C20H27N5O2/c1-15-6-4-7-18(16(15)2)22-19(26)14-23-10-12-24(13-11-23)20(27)17(3)25-9-5-8-21-25/h4-9,17H,10-14H2,1-3H3,(H,22,26)/t17-/m1/s1. The summed E-state index contributed by atoms with van der Waals surface area (Å²) in [5, 5.41) is 7.14. The van der Waals surface area contributed by atoms with E-state index in [-0.39, 0.29) is 17.9 Å². The zero-order chi connectivity index (χ0) is 19.4. The van der Waals surface area contributed by atoms with Crippen molar-refractivity contribution in [2.24, 2.45) is 0 Å². The molecule has 144 valence electrons. The summed E-state index contributed by atoms with van der Waals surface area (Å²) in [6, 6.07) is 7.41. The van der Waals surface area contributed by atoms with Gasteiger partial charge >= 0.3 is 0 Å². The monoisotopic (exact) mass is 369 g/mol. The van der Waals surface area contributed by atoms with E-state index in [1.165, 1.54) is 0 Å². The predicted molar refractivity (Wildman–Crippen MR) is 105 cm³/mol. The molecule has 0 aliphatic carbocycles. The second kappa shape index (κ2) is 8.35. The molecule has 0 radical (unpaired) electrons. The van der Waals surface area contributed by atoms with Crippen LogP contribution in [0.25, 0.3) is 0 Å². The summed E-state index contributed by atoms with van der Waals surface area (Å²) in [6.07, 6.45) is 3.48. The minimum atomic E-state index is -0.306. The Bertz CT molecular complexity index is 795. The Hall–Kier alpha value is -2.67. The topological polar surface area (TPSA) is 70.5 Å². The Kier molecular flexibility index (Phi) is 5.91. The van der Waals surface area contributed by atoms with Crippen molar-refractivity contribution in [3.05, 3.63) is 47.8 Å². The molecule has 0 spiro atoms. The van der Waals surface area contributed by atoms with Crippen molar-refractivity contribution in [1.29, 1.82) is 0 Å². The number of piperazine rings is 1. The Labute approximate surface area is 159 Å². The molecule has 1 aromatic carbocycles. The number of aryl methyl sites for hydroxylation is 1. The zero-order valence-corrected chi connectivity index (χ0v) is 16.2. The Morgan fingerprint density at radius 3 is 2.56 bits per heavy atom. The van der Waals surface area contributed by atoms with Gasteiger partial charge in [-0.15, -0.1) is 0 Å². The number of carbonyl (C=O) groups excluding carboxylic acids is 2. The fourth-order valence-electron chi connectivity index (χ4n) is 3.29. The van der Waals surface area contributed by atoms with E-state index in [0.717, 1.165) is 16.8 Å². The molecule has 0 bridgehead atoms. The van der Waals surface area contributed by atoms with Gasteiger partial charge in [0.15, 0.2) is 0 Å². The minimum absolute atomic E-state index is 0.0200. The molecule has 27 heavy (non-hydrogen) atoms. The second-order valence-corrected chi connectivity index (χ2v) is 7.06. The molecule has 2 heterocycles. The third kappa shape index (κ3) is 4.54. The van der Waals surface area contributed by atoms with E-state index in [1.54, 1.807) is 17.1 Å². The van der Waals surface area contributed by atoms with Gasteiger partial charge in [0.1, 0.15) is 6.04 Å². The van der Waals surface area contributed by atoms with E-state index < -0.39 is 0 Å². The van der Waals surface area contributed by atoms with Gasteiger partial charge in [0.05, 0.1) is 6.54 Å². The van der Waals surface area contributed by atoms with E-state index in [9.17, 15) is 9.59 Å². The molecule has 3 rings (SSSR count). The fourth-order valence-corrected chi connectivity index (χ4v) is 3.29. The van der Waals surface area contributed by atoms with Crippen LogP contribution in [0.5, 0.6) is 0 Å². The summed E-state index contributed by atoms with van der Waals surface area (Å²) in [7, 11) is 0. The molecular weight excluding hydrogens is 342 g/mol. The van der Waals surface area contributed by atoms with Crippen LogP contribution in [0.4, 0.5) is 5.69 Å². The van der Waals surface area contributed by atoms with Crippen LogP contribution < -0.4 is 5.32 Å². The molecular formula is C20H27N5O2. The predicted octanol–water partition coefficient (Wildman–Crippen LogP) is 1.84. The van der Waals surface area contributed by atoms with Gasteiger partial charge in [-0.05, 0) is 44.0 Å². The molecule has 1 N–H and O–H groups in total. The smallest absolute Gasteiger partial charge is 0.247 e. The molecule has 0 saturated carbocycles. The largest absolute Gasteiger partial charge is 0.338 e. The number of benzene rings is 1. The summed E-state index contributed by atoms with van der Waals surface area (Å²) >= 11 is 0. The van der Waals surface area contributed by atoms with Crippen LogP contribution in [0.2, 0.25) is 0 Å². The van der Waals surface area contributed by atoms with E-state index in [1.807, 2.05) is 49.9 Å². The summed E-state index contributed by atoms with van der Waals surface area (Å²) in [5.41, 5.74) is 3.11. The fraction of sp³-hybridized carbons (Fsp3) is 0.450. The van der Waals surface area contributed by atoms with Crippen LogP contribution >= 0.6 is 0 Å². The second-order valence-electron chi connectivity index (χ2n) is 7.06. The van der Waals surface area contributed by atoms with Crippen molar-refractivity contribution in [3.8, 4) is 0 Å². The molecule has 1 saturated heterocycles. The number of nitrogens with zero attached hydrogens (tertiary/aromatic N) is 4. The third-order valence-electron chi connectivity index (χ3n) is 5.21. The number of aromatic nitrogens is 2. The van der Waals surface area contributed by atoms with Gasteiger partial charge in [-0.1, -0.05) is 12.1 Å². The number of hydrogen-bond acceptors (Lipinski definition) is 4. The average Bonchev–Trinajstić information content (AvgIpc) is 3.19. The van der Waals surface area contributed by atoms with E-state index in [4.69, 9.17) is 0 Å². The lowest BCUT2D eigenvalue weighted by Crippen LogP contribution is -2.51. The van der Waals surface area contributed by atoms with Crippen LogP contribution in [0.3, 0.4) is 0 Å². The number of nitrogens with one attached hydrogen (secondary N) is 1. The van der Waals surface area contributed by atoms with Crippen molar-refractivity contribution in [3.63, 3.8) is 0 Å². The van der Waals surface area contributed by atoms with Crippen LogP contribution in [-0.4, -0.2) is 64.1 Å². The maximum Gasteiger partial charge on any atom is 0.247 e. The first-order valence-corrected chi connectivity index (χ1v) is 9.32. The van der Waals surface area contributed by atoms with Gasteiger partial charge < -0.3 is 10.2 Å². The molecule has 1 fully saturated rings. The molecule has 1 aromatic heterocycles. The minimum Gasteiger partial charge on any atom is -0.338 e. The van der Waals surface area contributed by atoms with Crippen molar-refractivity contribution in [2.45, 2.75) is 26.8 Å². The highest BCUT2D eigenvalue weighted by atomic mass is 16.2. The van der Waals surface area contributed by atoms with Crippen LogP contribution in [0.15, 0.2) is 36.7 Å². The van der Waals surface area contributed by atoms with Crippen LogP contribution in [0, 0.1) is 13.8 Å². The molecule has 1 aliphatic heterocycles. The maximum atomic E-state index is 12.6. The lowest BCUT2D eigenvalue weighted by molar-refractivity contribution is -0.136. The van der Waals surface area contributed by atoms with Crippen LogP contribution in [0.1, 0.15) is 24.1 Å². The highest BCUT2D eigenvalue weighted by Gasteiger charge is 2.26. The molecule has 1 atom stereocenters. The lowest BCUT2D eigenvalue weighted by Gasteiger charge is -2.35. The summed E-state index contributed by atoms with van der Waals surface area (Å²) in [5.74, 6) is 0.0478.